The number of amides is 2. The number of ether oxygens (including phenoxy) is 1. The van der Waals surface area contributed by atoms with E-state index < -0.39 is 5.97 Å². The standard InChI is InChI=1S/C15H15N7O3/c1-8-4-10-5-20(15(24)19-22(10)18-8)13-12-9(2)11(14(23)25-3)6-21(12)17-7-16-13/h4,6-7H,5H2,1-3H3,(H,19,24). The molecule has 25 heavy (non-hydrogen) atoms. The first-order valence-corrected chi connectivity index (χ1v) is 7.55. The number of aromatic nitrogens is 5. The lowest BCUT2D eigenvalue weighted by Crippen LogP contribution is -2.45. The van der Waals surface area contributed by atoms with Crippen LogP contribution in [0, 0.1) is 13.8 Å². The lowest BCUT2D eigenvalue weighted by atomic mass is 10.2. The molecule has 4 rings (SSSR count). The number of urea groups is 1. The van der Waals surface area contributed by atoms with Crippen molar-refractivity contribution in [3.63, 3.8) is 0 Å². The first-order valence-electron chi connectivity index (χ1n) is 7.55. The number of carbonyl (C=O) groups is 2. The second-order valence-electron chi connectivity index (χ2n) is 5.73. The summed E-state index contributed by atoms with van der Waals surface area (Å²) in [6.45, 7) is 3.92. The van der Waals surface area contributed by atoms with Gasteiger partial charge in [0.1, 0.15) is 11.8 Å². The van der Waals surface area contributed by atoms with E-state index in [1.807, 2.05) is 13.0 Å². The molecule has 0 bridgehead atoms. The number of anilines is 1. The molecular formula is C15H15N7O3. The van der Waals surface area contributed by atoms with E-state index >= 15 is 0 Å². The highest BCUT2D eigenvalue weighted by molar-refractivity contribution is 6.02. The summed E-state index contributed by atoms with van der Waals surface area (Å²) >= 11 is 0. The van der Waals surface area contributed by atoms with Crippen LogP contribution in [-0.4, -0.2) is 43.6 Å². The van der Waals surface area contributed by atoms with Crippen LogP contribution in [0.25, 0.3) is 5.52 Å². The lowest BCUT2D eigenvalue weighted by molar-refractivity contribution is 0.0600. The molecule has 3 aromatic rings. The van der Waals surface area contributed by atoms with E-state index in [1.165, 1.54) is 27.6 Å². The Hall–Kier alpha value is -3.43. The molecule has 1 aliphatic rings. The zero-order valence-electron chi connectivity index (χ0n) is 13.8. The third kappa shape index (κ3) is 2.22. The van der Waals surface area contributed by atoms with E-state index in [4.69, 9.17) is 4.74 Å². The largest absolute Gasteiger partial charge is 0.465 e. The van der Waals surface area contributed by atoms with E-state index in [1.54, 1.807) is 13.1 Å². The number of hydrogen-bond donors (Lipinski definition) is 1. The summed E-state index contributed by atoms with van der Waals surface area (Å²) < 4.78 is 6.32. The molecule has 0 radical (unpaired) electrons. The topological polar surface area (TPSA) is 107 Å². The maximum absolute atomic E-state index is 12.5. The van der Waals surface area contributed by atoms with E-state index in [0.717, 1.165) is 11.4 Å². The van der Waals surface area contributed by atoms with Gasteiger partial charge in [-0.1, -0.05) is 0 Å². The summed E-state index contributed by atoms with van der Waals surface area (Å²) in [5.41, 5.74) is 5.91. The van der Waals surface area contributed by atoms with Gasteiger partial charge in [0.15, 0.2) is 5.82 Å². The molecule has 0 fully saturated rings. The second kappa shape index (κ2) is 5.30. The second-order valence-corrected chi connectivity index (χ2v) is 5.73. The van der Waals surface area contributed by atoms with Crippen LogP contribution >= 0.6 is 0 Å². The summed E-state index contributed by atoms with van der Waals surface area (Å²) in [6.07, 6.45) is 2.91. The fourth-order valence-corrected chi connectivity index (χ4v) is 2.97. The predicted octanol–water partition coefficient (Wildman–Crippen LogP) is 1.01. The molecule has 4 heterocycles. The number of fused-ring (bicyclic) bond motifs is 2. The van der Waals surface area contributed by atoms with Crippen LogP contribution in [0.15, 0.2) is 18.6 Å². The lowest BCUT2D eigenvalue weighted by Gasteiger charge is -2.27. The molecule has 1 aliphatic heterocycles. The normalized spacial score (nSPS) is 13.7. The van der Waals surface area contributed by atoms with Gasteiger partial charge in [0, 0.05) is 6.20 Å². The molecular weight excluding hydrogens is 326 g/mol. The minimum atomic E-state index is -0.467. The first-order chi connectivity index (χ1) is 12.0. The number of aryl methyl sites for hydroxylation is 2. The highest BCUT2D eigenvalue weighted by atomic mass is 16.5. The summed E-state index contributed by atoms with van der Waals surface area (Å²) in [4.78, 5) is 31.7. The molecule has 0 aromatic carbocycles. The van der Waals surface area contributed by atoms with E-state index in [0.29, 0.717) is 29.0 Å². The summed E-state index contributed by atoms with van der Waals surface area (Å²) in [5.74, 6) is -0.0593. The van der Waals surface area contributed by atoms with Crippen molar-refractivity contribution < 1.29 is 14.3 Å². The maximum Gasteiger partial charge on any atom is 0.343 e. The molecule has 0 saturated heterocycles. The van der Waals surface area contributed by atoms with Crippen LogP contribution in [0.1, 0.15) is 27.3 Å². The number of nitrogens with zero attached hydrogens (tertiary/aromatic N) is 6. The summed E-state index contributed by atoms with van der Waals surface area (Å²) in [7, 11) is 1.32. The predicted molar refractivity (Wildman–Crippen MR) is 87.0 cm³/mol. The monoisotopic (exact) mass is 341 g/mol. The van der Waals surface area contributed by atoms with Crippen LogP contribution in [0.5, 0.6) is 0 Å². The first kappa shape index (κ1) is 15.1. The van der Waals surface area contributed by atoms with Crippen LogP contribution < -0.4 is 10.3 Å². The van der Waals surface area contributed by atoms with Crippen molar-refractivity contribution in [2.45, 2.75) is 20.4 Å². The Balaban J connectivity index is 1.85. The summed E-state index contributed by atoms with van der Waals surface area (Å²) in [6, 6.07) is 1.52. The molecule has 0 saturated carbocycles. The Labute approximate surface area is 142 Å². The average Bonchev–Trinajstić information content (AvgIpc) is 3.12. The molecule has 0 atom stereocenters. The smallest absolute Gasteiger partial charge is 0.343 e. The molecule has 1 N–H and O–H groups in total. The molecule has 10 heteroatoms. The molecule has 0 spiro atoms. The van der Waals surface area contributed by atoms with Crippen LogP contribution in [0.4, 0.5) is 10.6 Å². The minimum Gasteiger partial charge on any atom is -0.465 e. The SMILES string of the molecule is COC(=O)c1cn2ncnc(N3Cc4cc(C)nn4NC3=O)c2c1C. The van der Waals surface area contributed by atoms with E-state index in [-0.39, 0.29) is 6.03 Å². The zero-order chi connectivity index (χ0) is 17.7. The molecule has 0 unspecified atom stereocenters. The Morgan fingerprint density at radius 1 is 1.36 bits per heavy atom. The van der Waals surface area contributed by atoms with Gasteiger partial charge in [0.05, 0.1) is 30.6 Å². The highest BCUT2D eigenvalue weighted by Gasteiger charge is 2.29. The highest BCUT2D eigenvalue weighted by Crippen LogP contribution is 2.28. The average molecular weight is 341 g/mol. The number of esters is 1. The Bertz CT molecular complexity index is 1020. The summed E-state index contributed by atoms with van der Waals surface area (Å²) in [5, 5.41) is 8.34. The van der Waals surface area contributed by atoms with Gasteiger partial charge in [-0.3, -0.25) is 4.90 Å². The Kier molecular flexibility index (Phi) is 3.20. The molecule has 10 nitrogen and oxygen atoms in total. The fourth-order valence-electron chi connectivity index (χ4n) is 2.97. The van der Waals surface area contributed by atoms with Gasteiger partial charge in [-0.2, -0.15) is 15.0 Å². The van der Waals surface area contributed by atoms with E-state index in [2.05, 4.69) is 20.6 Å². The van der Waals surface area contributed by atoms with Crippen LogP contribution in [0.2, 0.25) is 0 Å². The van der Waals surface area contributed by atoms with Gasteiger partial charge in [-0.15, -0.1) is 0 Å². The van der Waals surface area contributed by atoms with Crippen molar-refractivity contribution in [3.05, 3.63) is 41.1 Å². The van der Waals surface area contributed by atoms with Crippen molar-refractivity contribution >= 4 is 23.3 Å². The Morgan fingerprint density at radius 3 is 2.92 bits per heavy atom. The van der Waals surface area contributed by atoms with Gasteiger partial charge in [0.2, 0.25) is 0 Å². The van der Waals surface area contributed by atoms with Crippen molar-refractivity contribution in [2.75, 3.05) is 17.4 Å². The maximum atomic E-state index is 12.5. The number of rotatable bonds is 2. The van der Waals surface area contributed by atoms with E-state index in [9.17, 15) is 9.59 Å². The molecule has 0 aliphatic carbocycles. The van der Waals surface area contributed by atoms with Crippen LogP contribution in [-0.2, 0) is 11.3 Å². The number of hydrogen-bond acceptors (Lipinski definition) is 6. The van der Waals surface area contributed by atoms with Crippen LogP contribution in [0.3, 0.4) is 0 Å². The zero-order valence-corrected chi connectivity index (χ0v) is 13.8. The van der Waals surface area contributed by atoms with Crippen molar-refractivity contribution in [3.8, 4) is 0 Å². The van der Waals surface area contributed by atoms with Crippen molar-refractivity contribution in [1.29, 1.82) is 0 Å². The van der Waals surface area contributed by atoms with Gasteiger partial charge >= 0.3 is 12.0 Å². The minimum absolute atomic E-state index is 0.303. The van der Waals surface area contributed by atoms with Gasteiger partial charge in [0.25, 0.3) is 0 Å². The molecule has 3 aromatic heterocycles. The third-order valence-corrected chi connectivity index (χ3v) is 4.14. The van der Waals surface area contributed by atoms with Gasteiger partial charge in [-0.05, 0) is 25.5 Å². The van der Waals surface area contributed by atoms with Gasteiger partial charge < -0.3 is 4.74 Å². The molecule has 128 valence electrons. The number of methoxy groups -OCH3 is 1. The Morgan fingerprint density at radius 2 is 2.16 bits per heavy atom. The number of carbonyl (C=O) groups excluding carboxylic acids is 2. The fraction of sp³-hybridized carbons (Fsp3) is 0.267. The third-order valence-electron chi connectivity index (χ3n) is 4.14. The quantitative estimate of drug-likeness (QED) is 0.697. The number of nitrogens with one attached hydrogen (secondary N) is 1. The van der Waals surface area contributed by atoms with Crippen molar-refractivity contribution in [1.82, 2.24) is 24.5 Å². The van der Waals surface area contributed by atoms with Gasteiger partial charge in [-0.25, -0.2) is 24.5 Å². The molecule has 2 amide bonds. The van der Waals surface area contributed by atoms with Crippen molar-refractivity contribution in [2.24, 2.45) is 0 Å².